The number of carbonyl (C=O) groups excluding carboxylic acids is 3. The van der Waals surface area contributed by atoms with Gasteiger partial charge in [-0.3, -0.25) is 9.59 Å². The highest BCUT2D eigenvalue weighted by molar-refractivity contribution is 6.04. The van der Waals surface area contributed by atoms with Gasteiger partial charge in [0.2, 0.25) is 0 Å². The number of nitrogens with zero attached hydrogens (tertiary/aromatic N) is 2. The van der Waals surface area contributed by atoms with Gasteiger partial charge in [-0.1, -0.05) is 18.2 Å². The van der Waals surface area contributed by atoms with Crippen molar-refractivity contribution in [2.45, 2.75) is 32.7 Å². The predicted molar refractivity (Wildman–Crippen MR) is 102 cm³/mol. The molecule has 0 saturated heterocycles. The zero-order chi connectivity index (χ0) is 20.1. The van der Waals surface area contributed by atoms with E-state index < -0.39 is 12.0 Å². The Hall–Kier alpha value is -3.22. The molecule has 1 aromatic heterocycles. The highest BCUT2D eigenvalue weighted by atomic mass is 16.5. The van der Waals surface area contributed by atoms with E-state index >= 15 is 0 Å². The normalized spacial score (nSPS) is 15.6. The van der Waals surface area contributed by atoms with E-state index in [4.69, 9.17) is 9.47 Å². The number of carbonyl (C=O) groups is 3. The number of benzene rings is 1. The van der Waals surface area contributed by atoms with Crippen molar-refractivity contribution in [3.63, 3.8) is 0 Å². The fourth-order valence-corrected chi connectivity index (χ4v) is 3.30. The molecule has 146 valence electrons. The van der Waals surface area contributed by atoms with Crippen molar-refractivity contribution in [3.05, 3.63) is 59.2 Å². The molecular formula is C21H22N2O5. The molecule has 0 aliphatic heterocycles. The number of imidazole rings is 1. The second-order valence-corrected chi connectivity index (χ2v) is 6.34. The Balaban J connectivity index is 1.77. The minimum absolute atomic E-state index is 0.0148. The third-order valence-electron chi connectivity index (χ3n) is 4.54. The van der Waals surface area contributed by atoms with Crippen LogP contribution in [0.2, 0.25) is 0 Å². The quantitative estimate of drug-likeness (QED) is 0.540. The van der Waals surface area contributed by atoms with Crippen LogP contribution in [0.25, 0.3) is 6.08 Å². The third-order valence-corrected chi connectivity index (χ3v) is 4.54. The van der Waals surface area contributed by atoms with Crippen LogP contribution in [0.5, 0.6) is 0 Å². The van der Waals surface area contributed by atoms with Gasteiger partial charge < -0.3 is 14.0 Å². The molecule has 28 heavy (non-hydrogen) atoms. The first-order valence-corrected chi connectivity index (χ1v) is 9.22. The van der Waals surface area contributed by atoms with E-state index in [1.807, 2.05) is 6.07 Å². The van der Waals surface area contributed by atoms with Gasteiger partial charge in [0.15, 0.2) is 5.78 Å². The summed E-state index contributed by atoms with van der Waals surface area (Å²) in [7, 11) is 0. The summed E-state index contributed by atoms with van der Waals surface area (Å²) in [5.41, 5.74) is 2.88. The number of Topliss-reactive ketones (excluding diaryl/α,β-unsaturated/α-hetero) is 1. The number of esters is 2. The first kappa shape index (κ1) is 19.5. The lowest BCUT2D eigenvalue weighted by atomic mass is 10.0. The molecule has 3 rings (SSSR count). The first-order valence-electron chi connectivity index (χ1n) is 9.22. The van der Waals surface area contributed by atoms with Crippen molar-refractivity contribution in [1.82, 2.24) is 9.55 Å². The number of ether oxygens (including phenoxy) is 2. The van der Waals surface area contributed by atoms with Gasteiger partial charge >= 0.3 is 11.9 Å². The zero-order valence-electron chi connectivity index (χ0n) is 15.9. The smallest absolute Gasteiger partial charge is 0.330 e. The molecule has 7 heteroatoms. The summed E-state index contributed by atoms with van der Waals surface area (Å²) in [6, 6.07) is 5.00. The topological polar surface area (TPSA) is 87.5 Å². The average Bonchev–Trinajstić information content (AvgIpc) is 3.26. The Morgan fingerprint density at radius 3 is 2.79 bits per heavy atom. The second kappa shape index (κ2) is 8.65. The second-order valence-electron chi connectivity index (χ2n) is 6.34. The maximum Gasteiger partial charge on any atom is 0.330 e. The molecule has 0 N–H and O–H groups in total. The van der Waals surface area contributed by atoms with E-state index in [2.05, 4.69) is 4.98 Å². The van der Waals surface area contributed by atoms with Crippen LogP contribution < -0.4 is 0 Å². The number of fused-ring (bicyclic) bond motifs is 1. The van der Waals surface area contributed by atoms with Gasteiger partial charge in [0.05, 0.1) is 31.7 Å². The molecule has 0 saturated carbocycles. The van der Waals surface area contributed by atoms with Crippen LogP contribution >= 0.6 is 0 Å². The molecule has 1 unspecified atom stereocenters. The van der Waals surface area contributed by atoms with Gasteiger partial charge in [-0.05, 0) is 31.1 Å². The number of aromatic nitrogens is 2. The van der Waals surface area contributed by atoms with E-state index in [0.29, 0.717) is 30.9 Å². The predicted octanol–water partition coefficient (Wildman–Crippen LogP) is 2.55. The minimum atomic E-state index is -0.440. The van der Waals surface area contributed by atoms with Crippen molar-refractivity contribution in [2.75, 3.05) is 13.2 Å². The maximum atomic E-state index is 12.9. The van der Waals surface area contributed by atoms with Crippen LogP contribution in [0.4, 0.5) is 0 Å². The van der Waals surface area contributed by atoms with Gasteiger partial charge in [-0.2, -0.15) is 0 Å². The standard InChI is InChI=1S/C21H22N2O5/c1-3-27-19(24)9-8-15-12-23(13-22-15)18-11-17-14(10-20(25)28-4-2)6-5-7-16(17)21(18)26/h5-9,12-13,18H,3-4,10-11H2,1-2H3/b9-8+. The molecule has 2 aromatic rings. The van der Waals surface area contributed by atoms with Crippen LogP contribution in [0.3, 0.4) is 0 Å². The molecule has 0 fully saturated rings. The van der Waals surface area contributed by atoms with Crippen molar-refractivity contribution >= 4 is 23.8 Å². The van der Waals surface area contributed by atoms with E-state index in [0.717, 1.165) is 11.1 Å². The highest BCUT2D eigenvalue weighted by Crippen LogP contribution is 2.33. The maximum absolute atomic E-state index is 12.9. The lowest BCUT2D eigenvalue weighted by Gasteiger charge is -2.09. The highest BCUT2D eigenvalue weighted by Gasteiger charge is 2.33. The van der Waals surface area contributed by atoms with Crippen LogP contribution in [-0.4, -0.2) is 40.5 Å². The van der Waals surface area contributed by atoms with Gasteiger partial charge in [0.25, 0.3) is 0 Å². The zero-order valence-corrected chi connectivity index (χ0v) is 15.9. The van der Waals surface area contributed by atoms with Gasteiger partial charge in [0, 0.05) is 24.3 Å². The Kier molecular flexibility index (Phi) is 6.03. The van der Waals surface area contributed by atoms with Gasteiger partial charge in [-0.15, -0.1) is 0 Å². The molecule has 1 aliphatic carbocycles. The van der Waals surface area contributed by atoms with Crippen molar-refractivity contribution in [1.29, 1.82) is 0 Å². The number of hydrogen-bond acceptors (Lipinski definition) is 6. The van der Waals surface area contributed by atoms with Gasteiger partial charge in [0.1, 0.15) is 6.04 Å². The van der Waals surface area contributed by atoms with Crippen molar-refractivity contribution in [2.24, 2.45) is 0 Å². The summed E-state index contributed by atoms with van der Waals surface area (Å²) in [6.45, 7) is 4.13. The summed E-state index contributed by atoms with van der Waals surface area (Å²) in [4.78, 5) is 40.4. The Morgan fingerprint density at radius 1 is 1.25 bits per heavy atom. The molecule has 0 spiro atoms. The molecule has 1 aromatic carbocycles. The van der Waals surface area contributed by atoms with Crippen LogP contribution in [0.15, 0.2) is 36.8 Å². The largest absolute Gasteiger partial charge is 0.466 e. The van der Waals surface area contributed by atoms with E-state index in [1.54, 1.807) is 49.1 Å². The first-order chi connectivity index (χ1) is 13.5. The molecule has 0 radical (unpaired) electrons. The summed E-state index contributed by atoms with van der Waals surface area (Å²) in [5.74, 6) is -0.759. The average molecular weight is 382 g/mol. The number of rotatable bonds is 7. The van der Waals surface area contributed by atoms with E-state index in [-0.39, 0.29) is 18.2 Å². The Bertz CT molecular complexity index is 929. The number of ketones is 1. The Labute approximate surface area is 163 Å². The molecule has 1 heterocycles. The lowest BCUT2D eigenvalue weighted by molar-refractivity contribution is -0.142. The molecule has 0 amide bonds. The summed E-state index contributed by atoms with van der Waals surface area (Å²) in [6.07, 6.45) is 6.78. The molecule has 7 nitrogen and oxygen atoms in total. The monoisotopic (exact) mass is 382 g/mol. The lowest BCUT2D eigenvalue weighted by Crippen LogP contribution is -2.13. The van der Waals surface area contributed by atoms with Crippen LogP contribution in [-0.2, 0) is 31.9 Å². The molecule has 1 aliphatic rings. The Morgan fingerprint density at radius 2 is 2.04 bits per heavy atom. The molecule has 1 atom stereocenters. The van der Waals surface area contributed by atoms with Gasteiger partial charge in [-0.25, -0.2) is 9.78 Å². The molecule has 0 bridgehead atoms. The van der Waals surface area contributed by atoms with E-state index in [9.17, 15) is 14.4 Å². The van der Waals surface area contributed by atoms with Crippen molar-refractivity contribution in [3.8, 4) is 0 Å². The fraction of sp³-hybridized carbons (Fsp3) is 0.333. The summed E-state index contributed by atoms with van der Waals surface area (Å²) >= 11 is 0. The number of hydrogen-bond donors (Lipinski definition) is 0. The summed E-state index contributed by atoms with van der Waals surface area (Å²) in [5, 5.41) is 0. The SMILES string of the molecule is CCOC(=O)/C=C/c1cn(C2Cc3c(CC(=O)OCC)cccc3C2=O)cn1. The van der Waals surface area contributed by atoms with Crippen LogP contribution in [0, 0.1) is 0 Å². The van der Waals surface area contributed by atoms with E-state index in [1.165, 1.54) is 6.08 Å². The van der Waals surface area contributed by atoms with Crippen LogP contribution in [0.1, 0.15) is 47.1 Å². The molecular weight excluding hydrogens is 360 g/mol. The fourth-order valence-electron chi connectivity index (χ4n) is 3.30. The summed E-state index contributed by atoms with van der Waals surface area (Å²) < 4.78 is 11.6. The van der Waals surface area contributed by atoms with Crippen molar-refractivity contribution < 1.29 is 23.9 Å². The minimum Gasteiger partial charge on any atom is -0.466 e. The third kappa shape index (κ3) is 4.19.